The highest BCUT2D eigenvalue weighted by molar-refractivity contribution is 5.68. The van der Waals surface area contributed by atoms with Gasteiger partial charge in [0.25, 0.3) is 0 Å². The molecule has 4 nitrogen and oxygen atoms in total. The lowest BCUT2D eigenvalue weighted by Crippen LogP contribution is -2.54. The highest BCUT2D eigenvalue weighted by Crippen LogP contribution is 2.14. The molecule has 4 heteroatoms. The summed E-state index contributed by atoms with van der Waals surface area (Å²) >= 11 is 0. The molecule has 1 atom stereocenters. The van der Waals surface area contributed by atoms with Crippen molar-refractivity contribution in [3.8, 4) is 12.3 Å². The lowest BCUT2D eigenvalue weighted by Gasteiger charge is -2.39. The summed E-state index contributed by atoms with van der Waals surface area (Å²) in [6.45, 7) is 10.5. The van der Waals surface area contributed by atoms with E-state index in [0.717, 1.165) is 6.54 Å². The van der Waals surface area contributed by atoms with Crippen LogP contribution in [0.3, 0.4) is 0 Å². The lowest BCUT2D eigenvalue weighted by atomic mass is 10.2. The third-order valence-corrected chi connectivity index (χ3v) is 2.71. The molecular weight excluding hydrogens is 216 g/mol. The zero-order chi connectivity index (χ0) is 13.1. The van der Waals surface area contributed by atoms with Gasteiger partial charge in [-0.05, 0) is 27.7 Å². The summed E-state index contributed by atoms with van der Waals surface area (Å²) in [5.41, 5.74) is -0.434. The van der Waals surface area contributed by atoms with Crippen LogP contribution in [0.1, 0.15) is 27.7 Å². The average Bonchev–Trinajstić information content (AvgIpc) is 2.18. The molecule has 1 heterocycles. The number of piperazine rings is 1. The quantitative estimate of drug-likeness (QED) is 0.650. The van der Waals surface area contributed by atoms with Crippen LogP contribution in [0.2, 0.25) is 0 Å². The van der Waals surface area contributed by atoms with E-state index in [1.807, 2.05) is 20.8 Å². The number of rotatable bonds is 1. The first kappa shape index (κ1) is 13.9. The first-order chi connectivity index (χ1) is 7.83. The van der Waals surface area contributed by atoms with Crippen molar-refractivity contribution in [3.05, 3.63) is 0 Å². The van der Waals surface area contributed by atoms with Crippen LogP contribution in [-0.2, 0) is 4.74 Å². The van der Waals surface area contributed by atoms with Crippen molar-refractivity contribution >= 4 is 6.09 Å². The summed E-state index contributed by atoms with van der Waals surface area (Å²) < 4.78 is 5.35. The van der Waals surface area contributed by atoms with E-state index < -0.39 is 5.60 Å². The number of amides is 1. The van der Waals surface area contributed by atoms with Gasteiger partial charge >= 0.3 is 6.09 Å². The van der Waals surface area contributed by atoms with E-state index in [1.54, 1.807) is 4.90 Å². The molecule has 1 amide bonds. The van der Waals surface area contributed by atoms with Crippen molar-refractivity contribution < 1.29 is 9.53 Å². The van der Waals surface area contributed by atoms with Gasteiger partial charge in [-0.15, -0.1) is 6.42 Å². The molecule has 0 aromatic carbocycles. The summed E-state index contributed by atoms with van der Waals surface area (Å²) in [5, 5.41) is 0. The third kappa shape index (κ3) is 4.27. The van der Waals surface area contributed by atoms with Crippen LogP contribution in [0, 0.1) is 12.3 Å². The summed E-state index contributed by atoms with van der Waals surface area (Å²) in [6.07, 6.45) is 5.07. The SMILES string of the molecule is C#CCN1CCN(C(=O)OC(C)(C)C)CC1C. The Morgan fingerprint density at radius 1 is 1.47 bits per heavy atom. The second kappa shape index (κ2) is 5.42. The van der Waals surface area contributed by atoms with Crippen LogP contribution >= 0.6 is 0 Å². The van der Waals surface area contributed by atoms with Crippen LogP contribution in [0.5, 0.6) is 0 Å². The molecular formula is C13H22N2O2. The molecule has 0 aromatic rings. The van der Waals surface area contributed by atoms with Gasteiger partial charge in [0.05, 0.1) is 6.54 Å². The Balaban J connectivity index is 2.50. The van der Waals surface area contributed by atoms with Crippen molar-refractivity contribution in [2.75, 3.05) is 26.2 Å². The Labute approximate surface area is 104 Å². The van der Waals surface area contributed by atoms with E-state index in [0.29, 0.717) is 19.6 Å². The Morgan fingerprint density at radius 3 is 2.59 bits per heavy atom. The van der Waals surface area contributed by atoms with E-state index in [-0.39, 0.29) is 12.1 Å². The van der Waals surface area contributed by atoms with Gasteiger partial charge in [-0.2, -0.15) is 0 Å². The third-order valence-electron chi connectivity index (χ3n) is 2.71. The number of hydrogen-bond donors (Lipinski definition) is 0. The van der Waals surface area contributed by atoms with Crippen molar-refractivity contribution in [3.63, 3.8) is 0 Å². The number of terminal acetylenes is 1. The number of carbonyl (C=O) groups excluding carboxylic acids is 1. The topological polar surface area (TPSA) is 32.8 Å². The molecule has 0 bridgehead atoms. The van der Waals surface area contributed by atoms with Gasteiger partial charge in [0, 0.05) is 25.7 Å². The molecule has 0 saturated carbocycles. The molecule has 1 saturated heterocycles. The fourth-order valence-electron chi connectivity index (χ4n) is 1.84. The van der Waals surface area contributed by atoms with Gasteiger partial charge in [0.2, 0.25) is 0 Å². The maximum absolute atomic E-state index is 11.9. The molecule has 17 heavy (non-hydrogen) atoms. The summed E-state index contributed by atoms with van der Waals surface area (Å²) in [7, 11) is 0. The average molecular weight is 238 g/mol. The van der Waals surface area contributed by atoms with Gasteiger partial charge in [0.1, 0.15) is 5.60 Å². The van der Waals surface area contributed by atoms with Crippen LogP contribution in [-0.4, -0.2) is 53.7 Å². The first-order valence-corrected chi connectivity index (χ1v) is 5.99. The van der Waals surface area contributed by atoms with Crippen LogP contribution in [0.25, 0.3) is 0 Å². The summed E-state index contributed by atoms with van der Waals surface area (Å²) in [5.74, 6) is 2.64. The molecule has 0 N–H and O–H groups in total. The van der Waals surface area contributed by atoms with Gasteiger partial charge in [-0.25, -0.2) is 4.79 Å². The van der Waals surface area contributed by atoms with Crippen molar-refractivity contribution in [2.45, 2.75) is 39.3 Å². The molecule has 0 aliphatic carbocycles. The van der Waals surface area contributed by atoms with Crippen molar-refractivity contribution in [2.24, 2.45) is 0 Å². The fourth-order valence-corrected chi connectivity index (χ4v) is 1.84. The molecule has 1 aliphatic rings. The van der Waals surface area contributed by atoms with Gasteiger partial charge in [-0.1, -0.05) is 5.92 Å². The summed E-state index contributed by atoms with van der Waals surface area (Å²) in [6, 6.07) is 0.285. The Kier molecular flexibility index (Phi) is 4.41. The fraction of sp³-hybridized carbons (Fsp3) is 0.769. The molecule has 1 aliphatic heterocycles. The van der Waals surface area contributed by atoms with Gasteiger partial charge < -0.3 is 9.64 Å². The monoisotopic (exact) mass is 238 g/mol. The zero-order valence-electron chi connectivity index (χ0n) is 11.2. The standard InChI is InChI=1S/C13H22N2O2/c1-6-7-14-8-9-15(10-11(14)2)12(16)17-13(3,4)5/h1,11H,7-10H2,2-5H3. The van der Waals surface area contributed by atoms with E-state index in [1.165, 1.54) is 0 Å². The van der Waals surface area contributed by atoms with Gasteiger partial charge in [-0.3, -0.25) is 4.90 Å². The van der Waals surface area contributed by atoms with Crippen molar-refractivity contribution in [1.82, 2.24) is 9.80 Å². The smallest absolute Gasteiger partial charge is 0.410 e. The maximum atomic E-state index is 11.9. The molecule has 96 valence electrons. The number of hydrogen-bond acceptors (Lipinski definition) is 3. The highest BCUT2D eigenvalue weighted by atomic mass is 16.6. The predicted octanol–water partition coefficient (Wildman–Crippen LogP) is 1.56. The molecule has 0 spiro atoms. The van der Waals surface area contributed by atoms with E-state index in [2.05, 4.69) is 17.7 Å². The van der Waals surface area contributed by atoms with E-state index in [9.17, 15) is 4.79 Å². The highest BCUT2D eigenvalue weighted by Gasteiger charge is 2.29. The second-order valence-corrected chi connectivity index (χ2v) is 5.45. The molecule has 1 fully saturated rings. The molecule has 0 radical (unpaired) electrons. The van der Waals surface area contributed by atoms with E-state index in [4.69, 9.17) is 11.2 Å². The normalized spacial score (nSPS) is 22.1. The summed E-state index contributed by atoms with van der Waals surface area (Å²) in [4.78, 5) is 15.8. The van der Waals surface area contributed by atoms with Crippen molar-refractivity contribution in [1.29, 1.82) is 0 Å². The first-order valence-electron chi connectivity index (χ1n) is 5.99. The Hall–Kier alpha value is -1.21. The lowest BCUT2D eigenvalue weighted by molar-refractivity contribution is 0.00769. The zero-order valence-corrected chi connectivity index (χ0v) is 11.2. The Morgan fingerprint density at radius 2 is 2.12 bits per heavy atom. The van der Waals surface area contributed by atoms with Gasteiger partial charge in [0.15, 0.2) is 0 Å². The minimum atomic E-state index is -0.434. The largest absolute Gasteiger partial charge is 0.444 e. The minimum absolute atomic E-state index is 0.232. The number of ether oxygens (including phenoxy) is 1. The number of nitrogens with zero attached hydrogens (tertiary/aromatic N) is 2. The molecule has 1 unspecified atom stereocenters. The van der Waals surface area contributed by atoms with Crippen LogP contribution < -0.4 is 0 Å². The van der Waals surface area contributed by atoms with Crippen LogP contribution in [0.4, 0.5) is 4.79 Å². The predicted molar refractivity (Wildman–Crippen MR) is 67.7 cm³/mol. The molecule has 1 rings (SSSR count). The Bertz CT molecular complexity index is 314. The second-order valence-electron chi connectivity index (χ2n) is 5.45. The van der Waals surface area contributed by atoms with Crippen LogP contribution in [0.15, 0.2) is 0 Å². The minimum Gasteiger partial charge on any atom is -0.444 e. The van der Waals surface area contributed by atoms with E-state index >= 15 is 0 Å². The number of carbonyl (C=O) groups is 1. The maximum Gasteiger partial charge on any atom is 0.410 e. The molecule has 0 aromatic heterocycles.